The first-order chi connectivity index (χ1) is 10.2. The predicted molar refractivity (Wildman–Crippen MR) is 74.3 cm³/mol. The fraction of sp³-hybridized carbons (Fsp3) is 0.0769. The third-order valence-electron chi connectivity index (χ3n) is 2.86. The van der Waals surface area contributed by atoms with Crippen molar-refractivity contribution in [2.75, 3.05) is 5.32 Å². The Balaban J connectivity index is 2.31. The molecule has 2 aromatic rings. The monoisotopic (exact) mass is 323 g/mol. The third-order valence-corrected chi connectivity index (χ3v) is 3.67. The largest absolute Gasteiger partial charge is 0.345 e. The van der Waals surface area contributed by atoms with Crippen LogP contribution < -0.4 is 5.32 Å². The predicted octanol–water partition coefficient (Wildman–Crippen LogP) is 1.53. The van der Waals surface area contributed by atoms with E-state index in [9.17, 15) is 17.6 Å². The number of nitrogens with zero attached hydrogens (tertiary/aromatic N) is 2. The van der Waals surface area contributed by atoms with Gasteiger partial charge >= 0.3 is 0 Å². The molecule has 0 aliphatic carbocycles. The van der Waals surface area contributed by atoms with Crippen LogP contribution in [-0.2, 0) is 17.2 Å². The Labute approximate surface area is 125 Å². The molecule has 0 spiro atoms. The summed E-state index contributed by atoms with van der Waals surface area (Å²) in [6.07, 6.45) is 1.08. The van der Waals surface area contributed by atoms with E-state index in [2.05, 4.69) is 5.32 Å². The van der Waals surface area contributed by atoms with Crippen LogP contribution in [0.15, 0.2) is 35.4 Å². The van der Waals surface area contributed by atoms with Crippen LogP contribution in [0, 0.1) is 17.1 Å². The zero-order valence-electron chi connectivity index (χ0n) is 11.2. The first-order valence-electron chi connectivity index (χ1n) is 5.87. The van der Waals surface area contributed by atoms with Crippen molar-refractivity contribution < 1.29 is 22.2 Å². The molecule has 0 aliphatic heterocycles. The topological polar surface area (TPSA) is 112 Å². The van der Waals surface area contributed by atoms with Crippen molar-refractivity contribution in [1.82, 2.24) is 4.57 Å². The summed E-state index contributed by atoms with van der Waals surface area (Å²) < 4.78 is 45.4. The van der Waals surface area contributed by atoms with E-state index in [4.69, 9.17) is 9.81 Å². The number of amides is 1. The molecule has 0 atom stereocenters. The van der Waals surface area contributed by atoms with E-state index in [0.717, 1.165) is 24.4 Å². The van der Waals surface area contributed by atoms with Gasteiger partial charge in [-0.25, -0.2) is 4.39 Å². The minimum Gasteiger partial charge on any atom is -0.345 e. The highest BCUT2D eigenvalue weighted by atomic mass is 32.2. The first-order valence-corrected chi connectivity index (χ1v) is 7.31. The van der Waals surface area contributed by atoms with Crippen LogP contribution in [0.5, 0.6) is 0 Å². The fourth-order valence-electron chi connectivity index (χ4n) is 1.78. The van der Waals surface area contributed by atoms with Gasteiger partial charge in [-0.1, -0.05) is 0 Å². The third kappa shape index (κ3) is 3.13. The zero-order chi connectivity index (χ0) is 16.5. The minimum atomic E-state index is -4.42. The quantitative estimate of drug-likeness (QED) is 0.832. The maximum atomic E-state index is 13.2. The lowest BCUT2D eigenvalue weighted by molar-refractivity contribution is 0.101. The number of rotatable bonds is 3. The molecule has 1 amide bonds. The van der Waals surface area contributed by atoms with Gasteiger partial charge in [-0.05, 0) is 24.3 Å². The molecule has 22 heavy (non-hydrogen) atoms. The minimum absolute atomic E-state index is 0.0320. The second-order valence-corrected chi connectivity index (χ2v) is 5.83. The molecule has 1 heterocycles. The highest BCUT2D eigenvalue weighted by molar-refractivity contribution is 7.85. The summed E-state index contributed by atoms with van der Waals surface area (Å²) in [5, 5.41) is 11.1. The van der Waals surface area contributed by atoms with Crippen LogP contribution >= 0.6 is 0 Å². The Morgan fingerprint density at radius 2 is 2.09 bits per heavy atom. The van der Waals surface area contributed by atoms with Crippen LogP contribution in [0.3, 0.4) is 0 Å². The average molecular weight is 323 g/mol. The number of halogens is 1. The average Bonchev–Trinajstić information content (AvgIpc) is 2.83. The van der Waals surface area contributed by atoms with E-state index < -0.39 is 26.7 Å². The van der Waals surface area contributed by atoms with Crippen molar-refractivity contribution in [2.45, 2.75) is 4.90 Å². The van der Waals surface area contributed by atoms with Gasteiger partial charge < -0.3 is 9.88 Å². The van der Waals surface area contributed by atoms with E-state index in [1.165, 1.54) is 17.7 Å². The molecule has 0 saturated carbocycles. The van der Waals surface area contributed by atoms with Gasteiger partial charge in [0.2, 0.25) is 0 Å². The van der Waals surface area contributed by atoms with Crippen LogP contribution in [0.4, 0.5) is 10.1 Å². The van der Waals surface area contributed by atoms with Gasteiger partial charge in [0, 0.05) is 18.9 Å². The van der Waals surface area contributed by atoms with Gasteiger partial charge in [-0.15, -0.1) is 0 Å². The number of benzene rings is 1. The van der Waals surface area contributed by atoms with Crippen molar-refractivity contribution in [2.24, 2.45) is 7.05 Å². The summed E-state index contributed by atoms with van der Waals surface area (Å²) in [6.45, 7) is 0. The van der Waals surface area contributed by atoms with E-state index in [0.29, 0.717) is 0 Å². The summed E-state index contributed by atoms with van der Waals surface area (Å²) in [4.78, 5) is 11.7. The van der Waals surface area contributed by atoms with E-state index in [-0.39, 0.29) is 16.9 Å². The highest BCUT2D eigenvalue weighted by Gasteiger charge is 2.18. The molecule has 1 aromatic carbocycles. The molecule has 0 bridgehead atoms. The lowest BCUT2D eigenvalue weighted by atomic mass is 10.2. The molecule has 7 nitrogen and oxygen atoms in total. The van der Waals surface area contributed by atoms with Gasteiger partial charge in [-0.3, -0.25) is 9.35 Å². The smallest absolute Gasteiger partial charge is 0.296 e. The molecule has 9 heteroatoms. The van der Waals surface area contributed by atoms with Gasteiger partial charge in [0.15, 0.2) is 0 Å². The van der Waals surface area contributed by atoms with Gasteiger partial charge in [0.05, 0.1) is 5.56 Å². The van der Waals surface area contributed by atoms with E-state index >= 15 is 0 Å². The first kappa shape index (κ1) is 15.7. The Morgan fingerprint density at radius 1 is 1.41 bits per heavy atom. The molecular weight excluding hydrogens is 313 g/mol. The van der Waals surface area contributed by atoms with Crippen LogP contribution in [0.2, 0.25) is 0 Å². The Morgan fingerprint density at radius 3 is 2.64 bits per heavy atom. The van der Waals surface area contributed by atoms with E-state index in [1.54, 1.807) is 6.07 Å². The van der Waals surface area contributed by atoms with Crippen molar-refractivity contribution in [3.8, 4) is 6.07 Å². The summed E-state index contributed by atoms with van der Waals surface area (Å²) in [5.74, 6) is -1.39. The SMILES string of the molecule is Cn1cc(S(=O)(=O)O)cc1C(=O)Nc1ccc(F)c(C#N)c1. The molecule has 1 aromatic heterocycles. The van der Waals surface area contributed by atoms with Crippen LogP contribution in [0.1, 0.15) is 16.1 Å². The molecule has 0 unspecified atom stereocenters. The highest BCUT2D eigenvalue weighted by Crippen LogP contribution is 2.17. The van der Waals surface area contributed by atoms with Gasteiger partial charge in [-0.2, -0.15) is 13.7 Å². The Hall–Kier alpha value is -2.70. The number of carbonyl (C=O) groups excluding carboxylic acids is 1. The van der Waals surface area contributed by atoms with Crippen LogP contribution in [0.25, 0.3) is 0 Å². The van der Waals surface area contributed by atoms with Gasteiger partial charge in [0.25, 0.3) is 16.0 Å². The summed E-state index contributed by atoms with van der Waals surface area (Å²) in [7, 11) is -3.00. The molecular formula is C13H10FN3O4S. The van der Waals surface area contributed by atoms with Gasteiger partial charge in [0.1, 0.15) is 22.5 Å². The number of hydrogen-bond donors (Lipinski definition) is 2. The number of nitrogens with one attached hydrogen (secondary N) is 1. The molecule has 0 fully saturated rings. The Bertz CT molecular complexity index is 896. The van der Waals surface area contributed by atoms with E-state index in [1.807, 2.05) is 0 Å². The molecule has 0 aliphatic rings. The summed E-state index contributed by atoms with van der Waals surface area (Å²) in [5.41, 5.74) is -0.0867. The van der Waals surface area contributed by atoms with Crippen molar-refractivity contribution in [3.05, 3.63) is 47.5 Å². The standard InChI is InChI=1S/C13H10FN3O4S/c1-17-7-10(22(19,20)21)5-12(17)13(18)16-9-2-3-11(14)8(4-9)6-15/h2-5,7H,1H3,(H,16,18)(H,19,20,21). The maximum Gasteiger partial charge on any atom is 0.296 e. The lowest BCUT2D eigenvalue weighted by Gasteiger charge is -2.06. The number of aromatic nitrogens is 1. The maximum absolute atomic E-state index is 13.2. The van der Waals surface area contributed by atoms with Crippen molar-refractivity contribution >= 4 is 21.7 Å². The second kappa shape index (κ2) is 5.59. The molecule has 2 N–H and O–H groups in total. The molecule has 2 rings (SSSR count). The molecule has 114 valence electrons. The Kier molecular flexibility index (Phi) is 3.99. The fourth-order valence-corrected chi connectivity index (χ4v) is 2.34. The summed E-state index contributed by atoms with van der Waals surface area (Å²) >= 11 is 0. The number of hydrogen-bond acceptors (Lipinski definition) is 4. The normalized spacial score (nSPS) is 11.0. The van der Waals surface area contributed by atoms with Crippen LogP contribution in [-0.4, -0.2) is 23.4 Å². The summed E-state index contributed by atoms with van der Waals surface area (Å²) in [6, 6.07) is 6.09. The number of nitriles is 1. The lowest BCUT2D eigenvalue weighted by Crippen LogP contribution is -2.15. The van der Waals surface area contributed by atoms with Crippen molar-refractivity contribution in [1.29, 1.82) is 5.26 Å². The number of anilines is 1. The molecule has 0 radical (unpaired) electrons. The second-order valence-electron chi connectivity index (χ2n) is 4.41. The zero-order valence-corrected chi connectivity index (χ0v) is 12.1. The molecule has 0 saturated heterocycles. The number of aryl methyl sites for hydroxylation is 1. The van der Waals surface area contributed by atoms with Crippen molar-refractivity contribution in [3.63, 3.8) is 0 Å². The number of carbonyl (C=O) groups is 1.